The number of fused-ring (bicyclic) bond motifs is 1. The highest BCUT2D eigenvalue weighted by Gasteiger charge is 2.18. The maximum absolute atomic E-state index is 13.0. The number of halogens is 1. The van der Waals surface area contributed by atoms with Crippen molar-refractivity contribution in [3.63, 3.8) is 0 Å². The van der Waals surface area contributed by atoms with E-state index in [1.165, 1.54) is 19.2 Å². The van der Waals surface area contributed by atoms with Gasteiger partial charge in [-0.25, -0.2) is 4.39 Å². The number of aromatic nitrogens is 2. The number of aliphatic hydroxyl groups excluding tert-OH is 1. The monoisotopic (exact) mass is 369 g/mol. The summed E-state index contributed by atoms with van der Waals surface area (Å²) in [4.78, 5) is 12.4. The number of nitrogens with zero attached hydrogens (tertiary/aromatic N) is 1. The third-order valence-electron chi connectivity index (χ3n) is 4.02. The van der Waals surface area contributed by atoms with Crippen molar-refractivity contribution in [3.8, 4) is 5.75 Å². The van der Waals surface area contributed by atoms with Crippen molar-refractivity contribution in [2.45, 2.75) is 13.0 Å². The summed E-state index contributed by atoms with van der Waals surface area (Å²) in [5, 5.41) is 19.9. The third kappa shape index (κ3) is 4.15. The predicted octanol–water partition coefficient (Wildman–Crippen LogP) is 2.99. The number of aliphatic hydroxyl groups is 1. The molecule has 0 aliphatic rings. The number of hydrogen-bond donors (Lipinski definition) is 3. The molecule has 6 nitrogen and oxygen atoms in total. The highest BCUT2D eigenvalue weighted by atomic mass is 19.1. The zero-order valence-electron chi connectivity index (χ0n) is 15.0. The van der Waals surface area contributed by atoms with Gasteiger partial charge in [0.15, 0.2) is 0 Å². The Morgan fingerprint density at radius 3 is 2.70 bits per heavy atom. The quantitative estimate of drug-likeness (QED) is 0.623. The van der Waals surface area contributed by atoms with Crippen LogP contribution in [-0.4, -0.2) is 41.0 Å². The Kier molecular flexibility index (Phi) is 5.52. The molecule has 2 aromatic carbocycles. The second-order valence-corrected chi connectivity index (χ2v) is 6.12. The molecule has 0 fully saturated rings. The molecule has 3 rings (SSSR count). The highest BCUT2D eigenvalue weighted by molar-refractivity contribution is 6.05. The van der Waals surface area contributed by atoms with Crippen molar-refractivity contribution < 1.29 is 19.0 Å². The number of benzene rings is 2. The fourth-order valence-electron chi connectivity index (χ4n) is 2.70. The van der Waals surface area contributed by atoms with Gasteiger partial charge in [-0.15, -0.1) is 0 Å². The zero-order chi connectivity index (χ0) is 19.4. The van der Waals surface area contributed by atoms with Crippen LogP contribution in [0.2, 0.25) is 0 Å². The van der Waals surface area contributed by atoms with E-state index >= 15 is 0 Å². The highest BCUT2D eigenvalue weighted by Crippen LogP contribution is 2.32. The Morgan fingerprint density at radius 2 is 2.04 bits per heavy atom. The number of hydrogen-bond acceptors (Lipinski definition) is 4. The molecule has 0 spiro atoms. The van der Waals surface area contributed by atoms with Gasteiger partial charge in [-0.05, 0) is 42.8 Å². The molecule has 0 aliphatic heterocycles. The van der Waals surface area contributed by atoms with Crippen molar-refractivity contribution in [2.24, 2.45) is 0 Å². The van der Waals surface area contributed by atoms with Crippen LogP contribution in [0.1, 0.15) is 28.5 Å². The predicted molar refractivity (Wildman–Crippen MR) is 102 cm³/mol. The van der Waals surface area contributed by atoms with E-state index in [1.54, 1.807) is 43.3 Å². The molecule has 1 atom stereocenters. The summed E-state index contributed by atoms with van der Waals surface area (Å²) in [7, 11) is 1.49. The Balaban J connectivity index is 1.98. The van der Waals surface area contributed by atoms with Crippen LogP contribution in [0.5, 0.6) is 5.75 Å². The fraction of sp³-hybridized carbons (Fsp3) is 0.200. The average molecular weight is 369 g/mol. The Hall–Kier alpha value is -3.19. The summed E-state index contributed by atoms with van der Waals surface area (Å²) in [5.41, 5.74) is 2.48. The lowest BCUT2D eigenvalue weighted by Crippen LogP contribution is -2.30. The van der Waals surface area contributed by atoms with Gasteiger partial charge in [0.2, 0.25) is 0 Å². The van der Waals surface area contributed by atoms with E-state index in [0.29, 0.717) is 22.4 Å². The van der Waals surface area contributed by atoms with E-state index in [4.69, 9.17) is 4.74 Å². The maximum Gasteiger partial charge on any atom is 0.255 e. The van der Waals surface area contributed by atoms with Gasteiger partial charge in [0.05, 0.1) is 35.4 Å². The van der Waals surface area contributed by atoms with Crippen LogP contribution in [0.15, 0.2) is 36.4 Å². The van der Waals surface area contributed by atoms with E-state index in [2.05, 4.69) is 15.5 Å². The molecule has 0 radical (unpaired) electrons. The number of H-pyrrole nitrogens is 1. The van der Waals surface area contributed by atoms with Gasteiger partial charge in [-0.3, -0.25) is 9.89 Å². The lowest BCUT2D eigenvalue weighted by atomic mass is 10.1. The first-order valence-corrected chi connectivity index (χ1v) is 8.44. The molecule has 1 heterocycles. The molecule has 140 valence electrons. The molecule has 3 N–H and O–H groups in total. The van der Waals surface area contributed by atoms with Crippen LogP contribution in [0, 0.1) is 5.82 Å². The lowest BCUT2D eigenvalue weighted by Gasteiger charge is -2.11. The standard InChI is InChI=1S/C20H20FN3O3/c1-12(25)11-22-20(26)15-8-10-17-18(19(15)27-2)16(23-24-17)9-5-13-3-6-14(21)7-4-13/h3-10,12,25H,11H2,1-2H3,(H,22,26)(H,23,24). The van der Waals surface area contributed by atoms with Crippen molar-refractivity contribution in [2.75, 3.05) is 13.7 Å². The second-order valence-electron chi connectivity index (χ2n) is 6.12. The minimum absolute atomic E-state index is 0.142. The number of carbonyl (C=O) groups is 1. The van der Waals surface area contributed by atoms with Gasteiger partial charge in [-0.2, -0.15) is 5.10 Å². The number of nitrogens with one attached hydrogen (secondary N) is 2. The van der Waals surface area contributed by atoms with Gasteiger partial charge in [-0.1, -0.05) is 18.2 Å². The minimum Gasteiger partial charge on any atom is -0.495 e. The van der Waals surface area contributed by atoms with E-state index in [-0.39, 0.29) is 18.3 Å². The summed E-state index contributed by atoms with van der Waals surface area (Å²) in [5.74, 6) is -0.251. The average Bonchev–Trinajstić information content (AvgIpc) is 3.08. The Labute approximate surface area is 155 Å². The molecule has 1 aromatic heterocycles. The van der Waals surface area contributed by atoms with Gasteiger partial charge in [0.1, 0.15) is 11.6 Å². The Morgan fingerprint density at radius 1 is 1.30 bits per heavy atom. The summed E-state index contributed by atoms with van der Waals surface area (Å²) >= 11 is 0. The second kappa shape index (κ2) is 8.01. The zero-order valence-corrected chi connectivity index (χ0v) is 15.0. The normalized spacial score (nSPS) is 12.4. The molecule has 0 saturated carbocycles. The SMILES string of the molecule is COc1c(C(=O)NCC(C)O)ccc2[nH]nc(C=Cc3ccc(F)cc3)c12. The van der Waals surface area contributed by atoms with Crippen LogP contribution in [-0.2, 0) is 0 Å². The first kappa shape index (κ1) is 18.6. The number of carbonyl (C=O) groups excluding carboxylic acids is 1. The van der Waals surface area contributed by atoms with Crippen LogP contribution < -0.4 is 10.1 Å². The number of methoxy groups -OCH3 is 1. The van der Waals surface area contributed by atoms with Crippen molar-refractivity contribution >= 4 is 29.0 Å². The molecule has 7 heteroatoms. The van der Waals surface area contributed by atoms with Crippen molar-refractivity contribution in [3.05, 3.63) is 59.0 Å². The third-order valence-corrected chi connectivity index (χ3v) is 4.02. The Bertz CT molecular complexity index is 978. The van der Waals surface area contributed by atoms with Gasteiger partial charge >= 0.3 is 0 Å². The fourth-order valence-corrected chi connectivity index (χ4v) is 2.70. The maximum atomic E-state index is 13.0. The smallest absolute Gasteiger partial charge is 0.255 e. The summed E-state index contributed by atoms with van der Waals surface area (Å²) in [6, 6.07) is 9.47. The van der Waals surface area contributed by atoms with Crippen molar-refractivity contribution in [1.29, 1.82) is 0 Å². The van der Waals surface area contributed by atoms with Crippen LogP contribution >= 0.6 is 0 Å². The number of rotatable bonds is 6. The number of amides is 1. The molecular formula is C20H20FN3O3. The summed E-state index contributed by atoms with van der Waals surface area (Å²) in [6.45, 7) is 1.73. The van der Waals surface area contributed by atoms with Gasteiger partial charge in [0, 0.05) is 6.54 Å². The molecule has 0 saturated heterocycles. The summed E-state index contributed by atoms with van der Waals surface area (Å²) < 4.78 is 18.5. The minimum atomic E-state index is -0.646. The number of aromatic amines is 1. The molecular weight excluding hydrogens is 349 g/mol. The molecule has 1 unspecified atom stereocenters. The van der Waals surface area contributed by atoms with Gasteiger partial charge < -0.3 is 15.2 Å². The van der Waals surface area contributed by atoms with Crippen LogP contribution in [0.4, 0.5) is 4.39 Å². The molecule has 1 amide bonds. The van der Waals surface area contributed by atoms with E-state index in [0.717, 1.165) is 11.1 Å². The van der Waals surface area contributed by atoms with E-state index < -0.39 is 6.10 Å². The van der Waals surface area contributed by atoms with Crippen molar-refractivity contribution in [1.82, 2.24) is 15.5 Å². The lowest BCUT2D eigenvalue weighted by molar-refractivity contribution is 0.0921. The molecule has 0 bridgehead atoms. The molecule has 0 aliphatic carbocycles. The van der Waals surface area contributed by atoms with Gasteiger partial charge in [0.25, 0.3) is 5.91 Å². The van der Waals surface area contributed by atoms with Crippen LogP contribution in [0.25, 0.3) is 23.1 Å². The first-order valence-electron chi connectivity index (χ1n) is 8.44. The largest absolute Gasteiger partial charge is 0.495 e. The topological polar surface area (TPSA) is 87.2 Å². The summed E-state index contributed by atoms with van der Waals surface area (Å²) in [6.07, 6.45) is 2.92. The number of ether oxygens (including phenoxy) is 1. The van der Waals surface area contributed by atoms with E-state index in [9.17, 15) is 14.3 Å². The van der Waals surface area contributed by atoms with E-state index in [1.807, 2.05) is 0 Å². The molecule has 27 heavy (non-hydrogen) atoms. The van der Waals surface area contributed by atoms with Crippen LogP contribution in [0.3, 0.4) is 0 Å². The first-order chi connectivity index (χ1) is 13.0. The molecule has 3 aromatic rings.